The Morgan fingerprint density at radius 1 is 0.974 bits per heavy atom. The summed E-state index contributed by atoms with van der Waals surface area (Å²) in [6.07, 6.45) is 3.76. The van der Waals surface area contributed by atoms with Crippen molar-refractivity contribution in [3.63, 3.8) is 0 Å². The third-order valence-electron chi connectivity index (χ3n) is 6.65. The molecule has 0 atom stereocenters. The summed E-state index contributed by atoms with van der Waals surface area (Å²) in [6.45, 7) is 2.47. The molecule has 9 heteroatoms. The maximum Gasteiger partial charge on any atom is 0.271 e. The molecule has 2 aliphatic heterocycles. The van der Waals surface area contributed by atoms with Crippen molar-refractivity contribution in [1.82, 2.24) is 9.47 Å². The zero-order chi connectivity index (χ0) is 26.8. The number of carbonyl (C=O) groups is 2. The van der Waals surface area contributed by atoms with E-state index in [1.54, 1.807) is 12.1 Å². The second-order valence-corrected chi connectivity index (χ2v) is 10.2. The first kappa shape index (κ1) is 25.1. The Bertz CT molecular complexity index is 1590. The number of nitrogens with zero attached hydrogens (tertiary/aromatic N) is 4. The molecule has 2 saturated heterocycles. The number of aliphatic imine (C=N–C) groups is 1. The van der Waals surface area contributed by atoms with Crippen LogP contribution in [-0.4, -0.2) is 52.8 Å². The van der Waals surface area contributed by atoms with Crippen LogP contribution in [0.5, 0.6) is 0 Å². The molecular weight excluding hydrogens is 515 g/mol. The van der Waals surface area contributed by atoms with Gasteiger partial charge in [0, 0.05) is 35.8 Å². The van der Waals surface area contributed by atoms with Gasteiger partial charge in [0.25, 0.3) is 5.91 Å². The van der Waals surface area contributed by atoms with Gasteiger partial charge in [0.15, 0.2) is 5.17 Å². The van der Waals surface area contributed by atoms with Crippen LogP contribution >= 0.6 is 11.8 Å². The maximum atomic E-state index is 13.7. The SMILES string of the molecule is O=C(Cn1cc(/C=C2\SC(=Nc3ccccc3)N(c3ccc(F)cc3)C2=O)c2ccccc21)N1CCOCC1. The van der Waals surface area contributed by atoms with Crippen LogP contribution in [0.1, 0.15) is 5.56 Å². The van der Waals surface area contributed by atoms with Gasteiger partial charge in [0.05, 0.1) is 29.5 Å². The fourth-order valence-electron chi connectivity index (χ4n) is 4.70. The van der Waals surface area contributed by atoms with Crippen molar-refractivity contribution in [2.75, 3.05) is 31.2 Å². The van der Waals surface area contributed by atoms with E-state index in [4.69, 9.17) is 9.73 Å². The van der Waals surface area contributed by atoms with Crippen LogP contribution in [0.15, 0.2) is 95.0 Å². The number of fused-ring (bicyclic) bond motifs is 1. The van der Waals surface area contributed by atoms with Crippen LogP contribution < -0.4 is 4.90 Å². The zero-order valence-corrected chi connectivity index (χ0v) is 21.8. The zero-order valence-electron chi connectivity index (χ0n) is 21.0. The number of benzene rings is 3. The number of amides is 2. The van der Waals surface area contributed by atoms with Gasteiger partial charge in [-0.05, 0) is 60.3 Å². The van der Waals surface area contributed by atoms with E-state index in [2.05, 4.69) is 0 Å². The Morgan fingerprint density at radius 2 is 1.69 bits per heavy atom. The molecule has 0 aliphatic carbocycles. The van der Waals surface area contributed by atoms with Crippen molar-refractivity contribution in [3.05, 3.63) is 101 Å². The highest BCUT2D eigenvalue weighted by Crippen LogP contribution is 2.38. The van der Waals surface area contributed by atoms with Crippen molar-refractivity contribution in [2.24, 2.45) is 4.99 Å². The molecule has 0 unspecified atom stereocenters. The van der Waals surface area contributed by atoms with Gasteiger partial charge in [0.1, 0.15) is 12.4 Å². The van der Waals surface area contributed by atoms with Gasteiger partial charge in [-0.3, -0.25) is 14.5 Å². The van der Waals surface area contributed by atoms with E-state index in [0.717, 1.165) is 16.5 Å². The number of amidine groups is 1. The second-order valence-electron chi connectivity index (χ2n) is 9.18. The summed E-state index contributed by atoms with van der Waals surface area (Å²) in [6, 6.07) is 23.0. The predicted molar refractivity (Wildman–Crippen MR) is 152 cm³/mol. The summed E-state index contributed by atoms with van der Waals surface area (Å²) in [5.41, 5.74) is 2.98. The maximum absolute atomic E-state index is 13.7. The first-order chi connectivity index (χ1) is 19.1. The molecular formula is C30H25FN4O3S. The Morgan fingerprint density at radius 3 is 2.46 bits per heavy atom. The van der Waals surface area contributed by atoms with Gasteiger partial charge < -0.3 is 14.2 Å². The molecule has 2 amide bonds. The highest BCUT2D eigenvalue weighted by atomic mass is 32.2. The van der Waals surface area contributed by atoms with Crippen LogP contribution in [0.25, 0.3) is 17.0 Å². The van der Waals surface area contributed by atoms with Crippen molar-refractivity contribution in [1.29, 1.82) is 0 Å². The van der Waals surface area contributed by atoms with E-state index < -0.39 is 0 Å². The molecule has 1 aromatic heterocycles. The molecule has 2 fully saturated rings. The fourth-order valence-corrected chi connectivity index (χ4v) is 5.69. The highest BCUT2D eigenvalue weighted by Gasteiger charge is 2.35. The summed E-state index contributed by atoms with van der Waals surface area (Å²) < 4.78 is 21.0. The molecule has 196 valence electrons. The number of morpholine rings is 1. The van der Waals surface area contributed by atoms with Crippen LogP contribution in [0.3, 0.4) is 0 Å². The van der Waals surface area contributed by atoms with Gasteiger partial charge in [-0.25, -0.2) is 9.38 Å². The Labute approximate surface area is 229 Å². The monoisotopic (exact) mass is 540 g/mol. The minimum atomic E-state index is -0.380. The number of hydrogen-bond donors (Lipinski definition) is 0. The molecule has 4 aromatic rings. The number of para-hydroxylation sites is 2. The van der Waals surface area contributed by atoms with E-state index in [-0.39, 0.29) is 24.2 Å². The minimum absolute atomic E-state index is 0.0318. The van der Waals surface area contributed by atoms with E-state index in [0.29, 0.717) is 47.8 Å². The standard InChI is InChI=1S/C30H25FN4O3S/c31-22-10-12-24(13-11-22)35-29(37)27(39-30(35)32-23-6-2-1-3-7-23)18-21-19-34(26-9-5-4-8-25(21)26)20-28(36)33-14-16-38-17-15-33/h1-13,18-19H,14-17,20H2/b27-18-,32-30?. The van der Waals surface area contributed by atoms with Crippen molar-refractivity contribution in [3.8, 4) is 0 Å². The van der Waals surface area contributed by atoms with Crippen molar-refractivity contribution >= 4 is 57.1 Å². The van der Waals surface area contributed by atoms with Crippen LogP contribution in [0, 0.1) is 5.82 Å². The molecule has 2 aliphatic rings. The smallest absolute Gasteiger partial charge is 0.271 e. The molecule has 3 heterocycles. The Kier molecular flexibility index (Phi) is 7.00. The molecule has 0 radical (unpaired) electrons. The average Bonchev–Trinajstić information content (AvgIpc) is 3.46. The Hall–Kier alpha value is -4.21. The number of carbonyl (C=O) groups excluding carboxylic acids is 2. The van der Waals surface area contributed by atoms with Crippen molar-refractivity contribution < 1.29 is 18.7 Å². The van der Waals surface area contributed by atoms with Gasteiger partial charge in [-0.15, -0.1) is 0 Å². The number of thioether (sulfide) groups is 1. The number of anilines is 1. The molecule has 6 rings (SSSR count). The number of aromatic nitrogens is 1. The molecule has 3 aromatic carbocycles. The third-order valence-corrected chi connectivity index (χ3v) is 7.62. The van der Waals surface area contributed by atoms with Gasteiger partial charge in [-0.2, -0.15) is 0 Å². The summed E-state index contributed by atoms with van der Waals surface area (Å²) in [7, 11) is 0. The first-order valence-electron chi connectivity index (χ1n) is 12.6. The van der Waals surface area contributed by atoms with Crippen LogP contribution in [0.4, 0.5) is 15.8 Å². The number of hydrogen-bond acceptors (Lipinski definition) is 5. The summed E-state index contributed by atoms with van der Waals surface area (Å²) in [4.78, 5) is 35.2. The molecule has 0 bridgehead atoms. The lowest BCUT2D eigenvalue weighted by Crippen LogP contribution is -2.42. The minimum Gasteiger partial charge on any atom is -0.378 e. The average molecular weight is 541 g/mol. The lowest BCUT2D eigenvalue weighted by Gasteiger charge is -2.27. The Balaban J connectivity index is 1.37. The van der Waals surface area contributed by atoms with Gasteiger partial charge in [0.2, 0.25) is 5.91 Å². The predicted octanol–water partition coefficient (Wildman–Crippen LogP) is 5.45. The largest absolute Gasteiger partial charge is 0.378 e. The van der Waals surface area contributed by atoms with Crippen LogP contribution in [0.2, 0.25) is 0 Å². The molecule has 0 saturated carbocycles. The molecule has 7 nitrogen and oxygen atoms in total. The lowest BCUT2D eigenvalue weighted by molar-refractivity contribution is -0.135. The quantitative estimate of drug-likeness (QED) is 0.316. The van der Waals surface area contributed by atoms with E-state index in [1.807, 2.05) is 76.3 Å². The van der Waals surface area contributed by atoms with Gasteiger partial charge >= 0.3 is 0 Å². The molecule has 0 spiro atoms. The topological polar surface area (TPSA) is 67.1 Å². The van der Waals surface area contributed by atoms with Crippen molar-refractivity contribution in [2.45, 2.75) is 6.54 Å². The lowest BCUT2D eigenvalue weighted by atomic mass is 10.1. The second kappa shape index (κ2) is 10.9. The first-order valence-corrected chi connectivity index (χ1v) is 13.5. The number of ether oxygens (including phenoxy) is 1. The summed E-state index contributed by atoms with van der Waals surface area (Å²) >= 11 is 1.27. The molecule has 39 heavy (non-hydrogen) atoms. The third kappa shape index (κ3) is 5.23. The number of rotatable bonds is 5. The normalized spacial score (nSPS) is 18.0. The summed E-state index contributed by atoms with van der Waals surface area (Å²) in [5, 5.41) is 1.42. The summed E-state index contributed by atoms with van der Waals surface area (Å²) in [5.74, 6) is -0.596. The van der Waals surface area contributed by atoms with E-state index in [9.17, 15) is 14.0 Å². The number of halogens is 1. The van der Waals surface area contributed by atoms with E-state index in [1.165, 1.54) is 28.8 Å². The van der Waals surface area contributed by atoms with Crippen LogP contribution in [-0.2, 0) is 20.9 Å². The van der Waals surface area contributed by atoms with Gasteiger partial charge in [-0.1, -0.05) is 36.4 Å². The highest BCUT2D eigenvalue weighted by molar-refractivity contribution is 8.19. The van der Waals surface area contributed by atoms with E-state index >= 15 is 0 Å². The molecule has 0 N–H and O–H groups in total. The fraction of sp³-hybridized carbons (Fsp3) is 0.167.